The van der Waals surface area contributed by atoms with E-state index in [2.05, 4.69) is 19.2 Å². The summed E-state index contributed by atoms with van der Waals surface area (Å²) in [7, 11) is 0. The van der Waals surface area contributed by atoms with Gasteiger partial charge in [0.25, 0.3) is 5.56 Å². The summed E-state index contributed by atoms with van der Waals surface area (Å²) in [4.78, 5) is 12.3. The Labute approximate surface area is 121 Å². The third kappa shape index (κ3) is 4.37. The van der Waals surface area contributed by atoms with Crippen molar-refractivity contribution in [3.63, 3.8) is 0 Å². The van der Waals surface area contributed by atoms with Gasteiger partial charge in [-0.1, -0.05) is 13.8 Å². The van der Waals surface area contributed by atoms with Gasteiger partial charge in [0.2, 0.25) is 0 Å². The van der Waals surface area contributed by atoms with E-state index in [1.165, 1.54) is 12.8 Å². The highest BCUT2D eigenvalue weighted by Gasteiger charge is 2.15. The molecule has 4 heteroatoms. The third-order valence-corrected chi connectivity index (χ3v) is 3.79. The second kappa shape index (κ2) is 7.48. The lowest BCUT2D eigenvalue weighted by Gasteiger charge is -2.23. The summed E-state index contributed by atoms with van der Waals surface area (Å²) in [6.45, 7) is 7.81. The number of rotatable bonds is 6. The van der Waals surface area contributed by atoms with Crippen LogP contribution in [0.1, 0.15) is 33.1 Å². The minimum absolute atomic E-state index is 0.00169. The summed E-state index contributed by atoms with van der Waals surface area (Å²) in [6, 6.07) is 3.68. The molecule has 20 heavy (non-hydrogen) atoms. The van der Waals surface area contributed by atoms with E-state index >= 15 is 0 Å². The largest absolute Gasteiger partial charge is 0.488 e. The van der Waals surface area contributed by atoms with E-state index in [1.54, 1.807) is 10.6 Å². The number of ether oxygens (including phenoxy) is 1. The number of nitrogens with one attached hydrogen (secondary N) is 1. The molecule has 0 spiro atoms. The van der Waals surface area contributed by atoms with Crippen molar-refractivity contribution in [3.05, 3.63) is 28.7 Å². The molecule has 1 atom stereocenters. The average Bonchev–Trinajstić information content (AvgIpc) is 2.44. The molecule has 0 aliphatic carbocycles. The minimum Gasteiger partial charge on any atom is -0.488 e. The fourth-order valence-electron chi connectivity index (χ4n) is 2.53. The first-order valence-corrected chi connectivity index (χ1v) is 7.70. The van der Waals surface area contributed by atoms with Crippen LogP contribution < -0.4 is 15.6 Å². The SMILES string of the molecule is CC(C)CCOc1cccn(CC2CCCNC2)c1=O. The second-order valence-corrected chi connectivity index (χ2v) is 6.07. The van der Waals surface area contributed by atoms with Crippen LogP contribution in [0.3, 0.4) is 0 Å². The summed E-state index contributed by atoms with van der Waals surface area (Å²) in [6.07, 6.45) is 5.23. The van der Waals surface area contributed by atoms with Gasteiger partial charge in [0.05, 0.1) is 6.61 Å². The normalized spacial score (nSPS) is 19.2. The topological polar surface area (TPSA) is 43.3 Å². The fourth-order valence-corrected chi connectivity index (χ4v) is 2.53. The summed E-state index contributed by atoms with van der Waals surface area (Å²) < 4.78 is 7.42. The Morgan fingerprint density at radius 3 is 3.05 bits per heavy atom. The van der Waals surface area contributed by atoms with E-state index in [0.717, 1.165) is 26.1 Å². The van der Waals surface area contributed by atoms with E-state index in [9.17, 15) is 4.79 Å². The molecule has 1 aromatic heterocycles. The van der Waals surface area contributed by atoms with E-state index in [-0.39, 0.29) is 5.56 Å². The molecule has 1 N–H and O–H groups in total. The van der Waals surface area contributed by atoms with Gasteiger partial charge in [-0.15, -0.1) is 0 Å². The first-order valence-electron chi connectivity index (χ1n) is 7.70. The highest BCUT2D eigenvalue weighted by molar-refractivity contribution is 5.17. The van der Waals surface area contributed by atoms with Crippen LogP contribution in [0.25, 0.3) is 0 Å². The van der Waals surface area contributed by atoms with Gasteiger partial charge in [-0.05, 0) is 56.3 Å². The van der Waals surface area contributed by atoms with Crippen molar-refractivity contribution in [3.8, 4) is 5.75 Å². The molecule has 0 saturated carbocycles. The lowest BCUT2D eigenvalue weighted by atomic mass is 10.00. The fraction of sp³-hybridized carbons (Fsp3) is 0.688. The standard InChI is InChI=1S/C16H26N2O2/c1-13(2)7-10-20-15-6-4-9-18(16(15)19)12-14-5-3-8-17-11-14/h4,6,9,13-14,17H,3,5,7-8,10-12H2,1-2H3. The van der Waals surface area contributed by atoms with Crippen molar-refractivity contribution in [2.45, 2.75) is 39.7 Å². The molecule has 0 aromatic carbocycles. The summed E-state index contributed by atoms with van der Waals surface area (Å²) in [5.41, 5.74) is 0.00169. The van der Waals surface area contributed by atoms with Gasteiger partial charge in [0, 0.05) is 12.7 Å². The molecule has 1 aromatic rings. The summed E-state index contributed by atoms with van der Waals surface area (Å²) >= 11 is 0. The van der Waals surface area contributed by atoms with E-state index < -0.39 is 0 Å². The number of hydrogen-bond donors (Lipinski definition) is 1. The third-order valence-electron chi connectivity index (χ3n) is 3.79. The molecule has 4 nitrogen and oxygen atoms in total. The van der Waals surface area contributed by atoms with Crippen LogP contribution in [0.15, 0.2) is 23.1 Å². The number of piperidine rings is 1. The quantitative estimate of drug-likeness (QED) is 0.868. The number of hydrogen-bond acceptors (Lipinski definition) is 3. The number of pyridine rings is 1. The Kier molecular flexibility index (Phi) is 5.65. The zero-order valence-electron chi connectivity index (χ0n) is 12.6. The highest BCUT2D eigenvalue weighted by atomic mass is 16.5. The lowest BCUT2D eigenvalue weighted by molar-refractivity contribution is 0.279. The molecule has 1 unspecified atom stereocenters. The zero-order valence-corrected chi connectivity index (χ0v) is 12.6. The molecule has 112 valence electrons. The molecule has 1 fully saturated rings. The Morgan fingerprint density at radius 1 is 1.50 bits per heavy atom. The minimum atomic E-state index is 0.00169. The summed E-state index contributed by atoms with van der Waals surface area (Å²) in [5.74, 6) is 1.62. The second-order valence-electron chi connectivity index (χ2n) is 6.07. The molecule has 2 rings (SSSR count). The predicted molar refractivity (Wildman–Crippen MR) is 81.2 cm³/mol. The van der Waals surface area contributed by atoms with Gasteiger partial charge in [-0.3, -0.25) is 4.79 Å². The molecule has 1 aliphatic heterocycles. The summed E-state index contributed by atoms with van der Waals surface area (Å²) in [5, 5.41) is 3.39. The monoisotopic (exact) mass is 278 g/mol. The van der Waals surface area contributed by atoms with Gasteiger partial charge >= 0.3 is 0 Å². The van der Waals surface area contributed by atoms with Crippen LogP contribution in [0.5, 0.6) is 5.75 Å². The lowest BCUT2D eigenvalue weighted by Crippen LogP contribution is -2.34. The van der Waals surface area contributed by atoms with Crippen LogP contribution in [0, 0.1) is 11.8 Å². The van der Waals surface area contributed by atoms with Crippen LogP contribution in [0.4, 0.5) is 0 Å². The molecule has 0 bridgehead atoms. The maximum Gasteiger partial charge on any atom is 0.292 e. The van der Waals surface area contributed by atoms with Gasteiger partial charge < -0.3 is 14.6 Å². The van der Waals surface area contributed by atoms with Crippen molar-refractivity contribution in [1.82, 2.24) is 9.88 Å². The smallest absolute Gasteiger partial charge is 0.292 e. The first kappa shape index (κ1) is 15.1. The van der Waals surface area contributed by atoms with Crippen molar-refractivity contribution in [1.29, 1.82) is 0 Å². The van der Waals surface area contributed by atoms with Gasteiger partial charge in [-0.2, -0.15) is 0 Å². The van der Waals surface area contributed by atoms with Gasteiger partial charge in [0.1, 0.15) is 0 Å². The van der Waals surface area contributed by atoms with Crippen molar-refractivity contribution in [2.24, 2.45) is 11.8 Å². The Bertz CT molecular complexity index is 462. The number of aromatic nitrogens is 1. The molecule has 2 heterocycles. The van der Waals surface area contributed by atoms with Crippen molar-refractivity contribution >= 4 is 0 Å². The Balaban J connectivity index is 1.97. The molecule has 0 radical (unpaired) electrons. The van der Waals surface area contributed by atoms with E-state index in [1.807, 2.05) is 12.3 Å². The first-order chi connectivity index (χ1) is 9.66. The molecule has 1 aliphatic rings. The van der Waals surface area contributed by atoms with Crippen molar-refractivity contribution in [2.75, 3.05) is 19.7 Å². The maximum atomic E-state index is 12.3. The van der Waals surface area contributed by atoms with Crippen LogP contribution in [0.2, 0.25) is 0 Å². The van der Waals surface area contributed by atoms with Crippen LogP contribution >= 0.6 is 0 Å². The molecule has 1 saturated heterocycles. The zero-order chi connectivity index (χ0) is 14.4. The van der Waals surface area contributed by atoms with E-state index in [4.69, 9.17) is 4.74 Å². The molecular weight excluding hydrogens is 252 g/mol. The van der Waals surface area contributed by atoms with Crippen LogP contribution in [-0.4, -0.2) is 24.3 Å². The number of nitrogens with zero attached hydrogens (tertiary/aromatic N) is 1. The highest BCUT2D eigenvalue weighted by Crippen LogP contribution is 2.12. The predicted octanol–water partition coefficient (Wildman–Crippen LogP) is 2.27. The Hall–Kier alpha value is -1.29. The maximum absolute atomic E-state index is 12.3. The van der Waals surface area contributed by atoms with E-state index in [0.29, 0.717) is 24.2 Å². The molecular formula is C16H26N2O2. The Morgan fingerprint density at radius 2 is 2.35 bits per heavy atom. The molecule has 0 amide bonds. The van der Waals surface area contributed by atoms with Crippen LogP contribution in [-0.2, 0) is 6.54 Å². The van der Waals surface area contributed by atoms with Crippen molar-refractivity contribution < 1.29 is 4.74 Å². The van der Waals surface area contributed by atoms with Gasteiger partial charge in [-0.25, -0.2) is 0 Å². The van der Waals surface area contributed by atoms with Gasteiger partial charge in [0.15, 0.2) is 5.75 Å². The average molecular weight is 278 g/mol.